The van der Waals surface area contributed by atoms with Crippen LogP contribution in [0.1, 0.15) is 122 Å². The average molecular weight is 739 g/mol. The maximum atomic E-state index is 13.0. The van der Waals surface area contributed by atoms with Crippen LogP contribution in [0.15, 0.2) is 0 Å². The maximum absolute atomic E-state index is 13.0. The summed E-state index contributed by atoms with van der Waals surface area (Å²) in [6, 6.07) is 0. The van der Waals surface area contributed by atoms with Crippen LogP contribution in [0.5, 0.6) is 0 Å². The van der Waals surface area contributed by atoms with Crippen LogP contribution in [-0.4, -0.2) is 114 Å². The summed E-state index contributed by atoms with van der Waals surface area (Å²) < 4.78 is 35.5. The molecule has 1 saturated carbocycles. The van der Waals surface area contributed by atoms with Crippen LogP contribution in [0.2, 0.25) is 0 Å². The van der Waals surface area contributed by atoms with Crippen molar-refractivity contribution in [2.45, 2.75) is 173 Å². The van der Waals surface area contributed by atoms with E-state index in [1.165, 1.54) is 0 Å². The van der Waals surface area contributed by atoms with Crippen molar-refractivity contribution in [1.82, 2.24) is 15.7 Å². The molecule has 3 saturated heterocycles. The van der Waals surface area contributed by atoms with Crippen LogP contribution in [0.3, 0.4) is 0 Å². The molecule has 2 N–H and O–H groups in total. The standard InChI is InChI=1S/C39H68N3O10/c1-34(2)22-28(37(7,8)40-34)31(43)50-16-13-47-25-19-26(48-14-17-51-32(44)29-23-35(3,4)41-38(29,9)10)21-27(20-25)49-15-18-52-33(45)30-24-36(5,6)42(46)39(30,11)12/h25-30,40-41H,13-24H2,1-12H3. The van der Waals surface area contributed by atoms with Crippen molar-refractivity contribution < 1.29 is 48.0 Å². The van der Waals surface area contributed by atoms with Gasteiger partial charge in [0, 0.05) is 27.7 Å². The lowest BCUT2D eigenvalue weighted by Gasteiger charge is -2.35. The molecule has 1 radical (unpaired) electrons. The normalized spacial score (nSPS) is 32.7. The van der Waals surface area contributed by atoms with Gasteiger partial charge < -0.3 is 39.1 Å². The lowest BCUT2D eigenvalue weighted by Crippen LogP contribution is -2.47. The van der Waals surface area contributed by atoms with E-state index in [9.17, 15) is 19.6 Å². The summed E-state index contributed by atoms with van der Waals surface area (Å²) in [6.45, 7) is 24.7. The van der Waals surface area contributed by atoms with Crippen LogP contribution in [0, 0.1) is 17.8 Å². The molecule has 5 unspecified atom stereocenters. The first-order chi connectivity index (χ1) is 23.9. The van der Waals surface area contributed by atoms with E-state index in [1.807, 2.05) is 41.5 Å². The van der Waals surface area contributed by atoms with Gasteiger partial charge in [-0.15, -0.1) is 10.3 Å². The van der Waals surface area contributed by atoms with Gasteiger partial charge >= 0.3 is 17.9 Å². The van der Waals surface area contributed by atoms with Gasteiger partial charge in [-0.25, -0.2) is 0 Å². The quantitative estimate of drug-likeness (QED) is 0.138. The van der Waals surface area contributed by atoms with Crippen molar-refractivity contribution in [2.75, 3.05) is 39.6 Å². The summed E-state index contributed by atoms with van der Waals surface area (Å²) in [7, 11) is 0. The van der Waals surface area contributed by atoms with Crippen LogP contribution in [-0.2, 0) is 48.0 Å². The summed E-state index contributed by atoms with van der Waals surface area (Å²) >= 11 is 0. The van der Waals surface area contributed by atoms with E-state index in [4.69, 9.17) is 28.4 Å². The fourth-order valence-corrected chi connectivity index (χ4v) is 9.38. The highest BCUT2D eigenvalue weighted by atomic mass is 16.6. The Bertz CT molecular complexity index is 1200. The average Bonchev–Trinajstić information content (AvgIpc) is 3.47. The summed E-state index contributed by atoms with van der Waals surface area (Å²) in [4.78, 5) is 38.9. The molecule has 5 atom stereocenters. The molecule has 13 heteroatoms. The molecule has 52 heavy (non-hydrogen) atoms. The van der Waals surface area contributed by atoms with Crippen molar-refractivity contribution in [3.8, 4) is 0 Å². The van der Waals surface area contributed by atoms with Gasteiger partial charge in [0.05, 0.1) is 61.4 Å². The summed E-state index contributed by atoms with van der Waals surface area (Å²) in [6.07, 6.45) is 2.97. The van der Waals surface area contributed by atoms with Crippen molar-refractivity contribution in [2.24, 2.45) is 17.8 Å². The predicted molar refractivity (Wildman–Crippen MR) is 194 cm³/mol. The molecule has 4 fully saturated rings. The number of hydroxylamine groups is 2. The van der Waals surface area contributed by atoms with Gasteiger partial charge in [0.2, 0.25) is 0 Å². The number of nitrogens with one attached hydrogen (secondary N) is 2. The number of esters is 3. The Morgan fingerprint density at radius 1 is 0.519 bits per heavy atom. The van der Waals surface area contributed by atoms with Crippen LogP contribution in [0.4, 0.5) is 0 Å². The molecular formula is C39H68N3O10. The lowest BCUT2D eigenvalue weighted by atomic mass is 9.87. The largest absolute Gasteiger partial charge is 0.463 e. The molecule has 1 aliphatic carbocycles. The van der Waals surface area contributed by atoms with Crippen molar-refractivity contribution in [3.05, 3.63) is 0 Å². The Hall–Kier alpha value is -1.87. The smallest absolute Gasteiger partial charge is 0.311 e. The topological polar surface area (TPSA) is 154 Å². The highest BCUT2D eigenvalue weighted by Crippen LogP contribution is 2.44. The summed E-state index contributed by atoms with van der Waals surface area (Å²) in [5.74, 6) is -1.87. The maximum Gasteiger partial charge on any atom is 0.311 e. The number of carbonyl (C=O) groups is 3. The van der Waals surface area contributed by atoms with E-state index in [-0.39, 0.29) is 104 Å². The van der Waals surface area contributed by atoms with Gasteiger partial charge in [-0.3, -0.25) is 14.4 Å². The third-order valence-electron chi connectivity index (χ3n) is 11.6. The van der Waals surface area contributed by atoms with Gasteiger partial charge in [0.25, 0.3) is 0 Å². The first-order valence-electron chi connectivity index (χ1n) is 19.3. The number of hydrogen-bond donors (Lipinski definition) is 2. The number of carbonyl (C=O) groups excluding carboxylic acids is 3. The second kappa shape index (κ2) is 16.1. The van der Waals surface area contributed by atoms with Gasteiger partial charge in [-0.05, 0) is 122 Å². The first-order valence-corrected chi connectivity index (χ1v) is 19.3. The molecular weight excluding hydrogens is 670 g/mol. The molecule has 4 aliphatic rings. The van der Waals surface area contributed by atoms with Crippen LogP contribution >= 0.6 is 0 Å². The molecule has 3 aliphatic heterocycles. The lowest BCUT2D eigenvalue weighted by molar-refractivity contribution is -0.249. The fourth-order valence-electron chi connectivity index (χ4n) is 9.38. The summed E-state index contributed by atoms with van der Waals surface area (Å²) in [5, 5.41) is 20.8. The molecule has 0 aromatic rings. The zero-order valence-electron chi connectivity index (χ0n) is 34.0. The third kappa shape index (κ3) is 10.7. The SMILES string of the molecule is CC1(C)CC(C(=O)OCCOC2CC(OCCOC(=O)C3CC(C)(C)NC3(C)C)CC(OCCOC(=O)C3CC(C)(C)N([O])C3(C)C)C2)C(C)(C)N1. The van der Waals surface area contributed by atoms with Crippen LogP contribution < -0.4 is 10.6 Å². The van der Waals surface area contributed by atoms with E-state index in [0.717, 1.165) is 5.06 Å². The molecule has 13 nitrogen and oxygen atoms in total. The molecule has 0 aromatic heterocycles. The Kier molecular flexibility index (Phi) is 13.3. The molecule has 0 spiro atoms. The number of nitrogens with zero attached hydrogens (tertiary/aromatic N) is 1. The van der Waals surface area contributed by atoms with Crippen molar-refractivity contribution >= 4 is 17.9 Å². The highest BCUT2D eigenvalue weighted by Gasteiger charge is 2.56. The molecule has 0 bridgehead atoms. The minimum absolute atomic E-state index is 0.0660. The zero-order valence-corrected chi connectivity index (χ0v) is 34.0. The fraction of sp³-hybridized carbons (Fsp3) is 0.923. The molecule has 299 valence electrons. The Labute approximate surface area is 311 Å². The van der Waals surface area contributed by atoms with Gasteiger partial charge in [0.15, 0.2) is 0 Å². The Morgan fingerprint density at radius 3 is 1.12 bits per heavy atom. The Balaban J connectivity index is 1.26. The third-order valence-corrected chi connectivity index (χ3v) is 11.6. The second-order valence-electron chi connectivity index (χ2n) is 19.2. The van der Waals surface area contributed by atoms with E-state index in [1.54, 1.807) is 13.8 Å². The van der Waals surface area contributed by atoms with Crippen molar-refractivity contribution in [1.29, 1.82) is 0 Å². The number of rotatable bonds is 15. The minimum Gasteiger partial charge on any atom is -0.463 e. The highest BCUT2D eigenvalue weighted by molar-refractivity contribution is 5.76. The molecule has 0 aromatic carbocycles. The molecule has 3 heterocycles. The number of hydrogen-bond acceptors (Lipinski definition) is 12. The molecule has 0 amide bonds. The van der Waals surface area contributed by atoms with Crippen molar-refractivity contribution in [3.63, 3.8) is 0 Å². The number of ether oxygens (including phenoxy) is 6. The minimum atomic E-state index is -0.857. The van der Waals surface area contributed by atoms with E-state index in [0.29, 0.717) is 38.5 Å². The van der Waals surface area contributed by atoms with E-state index < -0.39 is 23.0 Å². The Morgan fingerprint density at radius 2 is 0.846 bits per heavy atom. The van der Waals surface area contributed by atoms with Gasteiger partial charge in [-0.1, -0.05) is 0 Å². The monoisotopic (exact) mass is 738 g/mol. The van der Waals surface area contributed by atoms with Gasteiger partial charge in [-0.2, -0.15) is 0 Å². The van der Waals surface area contributed by atoms with E-state index >= 15 is 0 Å². The zero-order chi connectivity index (χ0) is 38.9. The molecule has 4 rings (SSSR count). The van der Waals surface area contributed by atoms with Crippen LogP contribution in [0.25, 0.3) is 0 Å². The predicted octanol–water partition coefficient (Wildman–Crippen LogP) is 4.51. The van der Waals surface area contributed by atoms with E-state index in [2.05, 4.69) is 38.3 Å². The first kappa shape index (κ1) is 42.9. The second-order valence-corrected chi connectivity index (χ2v) is 19.2. The van der Waals surface area contributed by atoms with Gasteiger partial charge in [0.1, 0.15) is 19.8 Å². The summed E-state index contributed by atoms with van der Waals surface area (Å²) in [5.41, 5.74) is -2.50.